The standard InChI is InChI=1S/C31H26ClN3O4/c1-2-7-25(18-8-4-3-5-9-18)34-30(37)19-12-14-21(24(16-19)31(38)39)23-17-20(32)13-15-22(23)29-33-26-10-6-11-27(36)28(26)35-29/h3-6,8-17,25,36H,2,7H2,1H3,(H,33,35)(H,34,37)(H,38,39). The number of para-hydroxylation sites is 1. The van der Waals surface area contributed by atoms with Crippen LogP contribution in [0.3, 0.4) is 0 Å². The van der Waals surface area contributed by atoms with Crippen molar-refractivity contribution < 1.29 is 19.8 Å². The van der Waals surface area contributed by atoms with Crippen LogP contribution in [0.4, 0.5) is 0 Å². The van der Waals surface area contributed by atoms with Crippen molar-refractivity contribution in [2.24, 2.45) is 0 Å². The van der Waals surface area contributed by atoms with Gasteiger partial charge in [-0.3, -0.25) is 4.79 Å². The highest BCUT2D eigenvalue weighted by atomic mass is 35.5. The fourth-order valence-corrected chi connectivity index (χ4v) is 4.90. The molecule has 0 aliphatic heterocycles. The average Bonchev–Trinajstić information content (AvgIpc) is 3.38. The second-order valence-corrected chi connectivity index (χ2v) is 9.68. The number of carboxylic acid groups (broad SMARTS) is 1. The van der Waals surface area contributed by atoms with Gasteiger partial charge in [-0.2, -0.15) is 0 Å². The van der Waals surface area contributed by atoms with E-state index in [0.29, 0.717) is 38.6 Å². The topological polar surface area (TPSA) is 115 Å². The van der Waals surface area contributed by atoms with Gasteiger partial charge in [-0.25, -0.2) is 9.78 Å². The molecule has 0 bridgehead atoms. The number of halogens is 1. The van der Waals surface area contributed by atoms with Gasteiger partial charge in [-0.05, 0) is 65.6 Å². The Morgan fingerprint density at radius 2 is 1.72 bits per heavy atom. The molecule has 1 aromatic heterocycles. The van der Waals surface area contributed by atoms with Gasteiger partial charge >= 0.3 is 5.97 Å². The first kappa shape index (κ1) is 26.0. The Morgan fingerprint density at radius 1 is 0.949 bits per heavy atom. The van der Waals surface area contributed by atoms with Crippen molar-refractivity contribution in [1.82, 2.24) is 15.3 Å². The molecule has 1 atom stereocenters. The summed E-state index contributed by atoms with van der Waals surface area (Å²) in [6.45, 7) is 2.05. The maximum atomic E-state index is 13.2. The van der Waals surface area contributed by atoms with Crippen molar-refractivity contribution in [1.29, 1.82) is 0 Å². The van der Waals surface area contributed by atoms with E-state index in [1.54, 1.807) is 48.5 Å². The number of carboxylic acids is 1. The summed E-state index contributed by atoms with van der Waals surface area (Å²) in [5.41, 5.74) is 3.73. The Bertz CT molecular complexity index is 1680. The lowest BCUT2D eigenvalue weighted by Crippen LogP contribution is -2.28. The summed E-state index contributed by atoms with van der Waals surface area (Å²) in [4.78, 5) is 33.4. The molecule has 4 N–H and O–H groups in total. The van der Waals surface area contributed by atoms with Gasteiger partial charge in [0.25, 0.3) is 5.91 Å². The van der Waals surface area contributed by atoms with Gasteiger partial charge in [0, 0.05) is 16.1 Å². The third-order valence-electron chi connectivity index (χ3n) is 6.62. The Balaban J connectivity index is 1.55. The predicted molar refractivity (Wildman–Crippen MR) is 152 cm³/mol. The maximum absolute atomic E-state index is 13.2. The number of aromatic nitrogens is 2. The minimum Gasteiger partial charge on any atom is -0.506 e. The molecule has 5 aromatic rings. The molecule has 1 amide bonds. The molecule has 0 radical (unpaired) electrons. The van der Waals surface area contributed by atoms with Crippen LogP contribution in [0.1, 0.15) is 52.1 Å². The number of phenols is 1. The van der Waals surface area contributed by atoms with Gasteiger partial charge in [0.15, 0.2) is 0 Å². The number of hydrogen-bond donors (Lipinski definition) is 4. The van der Waals surface area contributed by atoms with Crippen LogP contribution < -0.4 is 5.32 Å². The smallest absolute Gasteiger partial charge is 0.336 e. The number of amides is 1. The van der Waals surface area contributed by atoms with Crippen LogP contribution in [0.2, 0.25) is 5.02 Å². The van der Waals surface area contributed by atoms with Crippen LogP contribution in [0.5, 0.6) is 5.75 Å². The zero-order chi connectivity index (χ0) is 27.5. The summed E-state index contributed by atoms with van der Waals surface area (Å²) in [7, 11) is 0. The number of nitrogens with one attached hydrogen (secondary N) is 2. The second kappa shape index (κ2) is 11.0. The Morgan fingerprint density at radius 3 is 2.44 bits per heavy atom. The SMILES string of the molecule is CCCC(NC(=O)c1ccc(-c2cc(Cl)ccc2-c2nc3c(O)cccc3[nH]2)c(C(=O)O)c1)c1ccccc1. The number of phenolic OH excluding ortho intramolecular Hbond substituents is 1. The number of imidazole rings is 1. The molecule has 39 heavy (non-hydrogen) atoms. The number of carbonyl (C=O) groups is 2. The lowest BCUT2D eigenvalue weighted by atomic mass is 9.93. The van der Waals surface area contributed by atoms with Crippen LogP contribution in [0, 0.1) is 0 Å². The number of H-pyrrole nitrogens is 1. The van der Waals surface area contributed by atoms with Crippen LogP contribution in [0.15, 0.2) is 84.9 Å². The van der Waals surface area contributed by atoms with Crippen LogP contribution in [-0.4, -0.2) is 32.1 Å². The number of aromatic amines is 1. The highest BCUT2D eigenvalue weighted by molar-refractivity contribution is 6.31. The highest BCUT2D eigenvalue weighted by Gasteiger charge is 2.22. The summed E-state index contributed by atoms with van der Waals surface area (Å²) >= 11 is 6.33. The molecule has 0 spiro atoms. The van der Waals surface area contributed by atoms with E-state index in [4.69, 9.17) is 11.6 Å². The van der Waals surface area contributed by atoms with E-state index in [-0.39, 0.29) is 28.8 Å². The summed E-state index contributed by atoms with van der Waals surface area (Å²) in [6.07, 6.45) is 1.62. The number of hydrogen-bond acceptors (Lipinski definition) is 4. The maximum Gasteiger partial charge on any atom is 0.336 e. The first-order chi connectivity index (χ1) is 18.9. The lowest BCUT2D eigenvalue weighted by Gasteiger charge is -2.19. The monoisotopic (exact) mass is 539 g/mol. The largest absolute Gasteiger partial charge is 0.506 e. The van der Waals surface area contributed by atoms with Gasteiger partial charge in [0.05, 0.1) is 17.1 Å². The average molecular weight is 540 g/mol. The van der Waals surface area contributed by atoms with E-state index >= 15 is 0 Å². The minimum atomic E-state index is -1.18. The zero-order valence-electron chi connectivity index (χ0n) is 21.1. The van der Waals surface area contributed by atoms with Gasteiger partial charge in [-0.15, -0.1) is 0 Å². The normalized spacial score (nSPS) is 11.8. The number of carbonyl (C=O) groups excluding carboxylic acids is 1. The van der Waals surface area contributed by atoms with Crippen molar-refractivity contribution in [3.05, 3.63) is 107 Å². The molecule has 1 heterocycles. The van der Waals surface area contributed by atoms with Crippen LogP contribution in [-0.2, 0) is 0 Å². The fourth-order valence-electron chi connectivity index (χ4n) is 4.73. The molecule has 0 aliphatic rings. The summed E-state index contributed by atoms with van der Waals surface area (Å²) in [5, 5.41) is 23.8. The van der Waals surface area contributed by atoms with Gasteiger partial charge in [-0.1, -0.05) is 67.4 Å². The van der Waals surface area contributed by atoms with Crippen LogP contribution >= 0.6 is 11.6 Å². The second-order valence-electron chi connectivity index (χ2n) is 9.24. The van der Waals surface area contributed by atoms with E-state index in [2.05, 4.69) is 15.3 Å². The number of nitrogens with zero attached hydrogens (tertiary/aromatic N) is 1. The third-order valence-corrected chi connectivity index (χ3v) is 6.85. The number of aromatic hydroxyl groups is 1. The van der Waals surface area contributed by atoms with E-state index < -0.39 is 5.97 Å². The molecule has 5 rings (SSSR count). The molecule has 0 saturated heterocycles. The van der Waals surface area contributed by atoms with E-state index in [1.165, 1.54) is 6.07 Å². The van der Waals surface area contributed by atoms with Gasteiger partial charge in [0.1, 0.15) is 17.1 Å². The van der Waals surface area contributed by atoms with Crippen molar-refractivity contribution >= 4 is 34.5 Å². The summed E-state index contributed by atoms with van der Waals surface area (Å²) in [6, 6.07) is 24.3. The molecule has 0 fully saturated rings. The molecule has 8 heteroatoms. The molecular formula is C31H26ClN3O4. The van der Waals surface area contributed by atoms with Crippen LogP contribution in [0.25, 0.3) is 33.5 Å². The Labute approximate surface area is 230 Å². The van der Waals surface area contributed by atoms with Gasteiger partial charge in [0.2, 0.25) is 0 Å². The number of fused-ring (bicyclic) bond motifs is 1. The first-order valence-electron chi connectivity index (χ1n) is 12.6. The minimum absolute atomic E-state index is 0.0315. The van der Waals surface area contributed by atoms with Crippen molar-refractivity contribution in [2.75, 3.05) is 0 Å². The molecule has 0 aliphatic carbocycles. The summed E-state index contributed by atoms with van der Waals surface area (Å²) < 4.78 is 0. The van der Waals surface area contributed by atoms with Crippen molar-refractivity contribution in [2.45, 2.75) is 25.8 Å². The van der Waals surface area contributed by atoms with E-state index in [9.17, 15) is 19.8 Å². The fraction of sp³-hybridized carbons (Fsp3) is 0.129. The van der Waals surface area contributed by atoms with E-state index in [1.807, 2.05) is 37.3 Å². The number of aromatic carboxylic acids is 1. The zero-order valence-corrected chi connectivity index (χ0v) is 21.9. The third kappa shape index (κ3) is 5.35. The lowest BCUT2D eigenvalue weighted by molar-refractivity contribution is 0.0697. The Hall–Kier alpha value is -4.62. The molecule has 1 unspecified atom stereocenters. The first-order valence-corrected chi connectivity index (χ1v) is 12.9. The van der Waals surface area contributed by atoms with E-state index in [0.717, 1.165) is 18.4 Å². The Kier molecular flexibility index (Phi) is 7.34. The molecule has 196 valence electrons. The molecular weight excluding hydrogens is 514 g/mol. The summed E-state index contributed by atoms with van der Waals surface area (Å²) in [5.74, 6) is -1.06. The van der Waals surface area contributed by atoms with Crippen molar-refractivity contribution in [3.63, 3.8) is 0 Å². The number of rotatable bonds is 8. The quantitative estimate of drug-likeness (QED) is 0.166. The molecule has 4 aromatic carbocycles. The highest BCUT2D eigenvalue weighted by Crippen LogP contribution is 2.37. The molecule has 7 nitrogen and oxygen atoms in total. The van der Waals surface area contributed by atoms with Gasteiger partial charge < -0.3 is 20.5 Å². The number of benzene rings is 4. The van der Waals surface area contributed by atoms with Crippen molar-refractivity contribution in [3.8, 4) is 28.3 Å². The molecule has 0 saturated carbocycles. The predicted octanol–water partition coefficient (Wildman–Crippen LogP) is 7.23.